The highest BCUT2D eigenvalue weighted by atomic mass is 32.2. The largest absolute Gasteiger partial charge is 0.425 e. The van der Waals surface area contributed by atoms with Crippen molar-refractivity contribution in [2.45, 2.75) is 39.7 Å². The minimum Gasteiger partial charge on any atom is -0.425 e. The molecule has 0 saturated carbocycles. The van der Waals surface area contributed by atoms with Crippen LogP contribution < -0.4 is 10.1 Å². The maximum atomic E-state index is 12.4. The Morgan fingerprint density at radius 1 is 1.39 bits per heavy atom. The Balaban J connectivity index is 2.86. The lowest BCUT2D eigenvalue weighted by Crippen LogP contribution is -2.44. The topological polar surface area (TPSA) is 55.4 Å². The van der Waals surface area contributed by atoms with E-state index in [1.54, 1.807) is 6.08 Å². The van der Waals surface area contributed by atoms with Crippen molar-refractivity contribution in [3.05, 3.63) is 42.0 Å². The fourth-order valence-electron chi connectivity index (χ4n) is 1.95. The van der Waals surface area contributed by atoms with Gasteiger partial charge >= 0.3 is 5.97 Å². The van der Waals surface area contributed by atoms with Gasteiger partial charge in [-0.2, -0.15) is 11.8 Å². The Morgan fingerprint density at radius 3 is 2.65 bits per heavy atom. The van der Waals surface area contributed by atoms with Crippen LogP contribution in [0.25, 0.3) is 0 Å². The predicted octanol–water partition coefficient (Wildman–Crippen LogP) is 3.45. The van der Waals surface area contributed by atoms with E-state index in [4.69, 9.17) is 4.74 Å². The van der Waals surface area contributed by atoms with Crippen LogP contribution in [0.2, 0.25) is 0 Å². The fraction of sp³-hybridized carbons (Fsp3) is 0.444. The van der Waals surface area contributed by atoms with Crippen LogP contribution in [0.3, 0.4) is 0 Å². The average Bonchev–Trinajstić information content (AvgIpc) is 2.48. The normalized spacial score (nSPS) is 11.9. The standard InChI is InChI=1S/C18H25NO3S/c1-6-9-23-11-16(19-14(5)20)18(21)22-17-10-15(12(2)3)8-7-13(17)4/h6-8,10,12,16H,1,9,11H2,2-5H3,(H,19,20)/t16-/m0/s1. The first-order valence-corrected chi connectivity index (χ1v) is 8.78. The number of carbonyl (C=O) groups is 2. The highest BCUT2D eigenvalue weighted by molar-refractivity contribution is 7.99. The van der Waals surface area contributed by atoms with Crippen molar-refractivity contribution in [1.82, 2.24) is 5.32 Å². The maximum Gasteiger partial charge on any atom is 0.334 e. The fourth-order valence-corrected chi connectivity index (χ4v) is 2.71. The van der Waals surface area contributed by atoms with Crippen molar-refractivity contribution in [2.75, 3.05) is 11.5 Å². The van der Waals surface area contributed by atoms with Crippen LogP contribution in [0.5, 0.6) is 5.75 Å². The van der Waals surface area contributed by atoms with E-state index in [0.29, 0.717) is 23.2 Å². The van der Waals surface area contributed by atoms with Crippen LogP contribution in [0.15, 0.2) is 30.9 Å². The summed E-state index contributed by atoms with van der Waals surface area (Å²) in [4.78, 5) is 23.7. The molecule has 1 N–H and O–H groups in total. The lowest BCUT2D eigenvalue weighted by molar-refractivity contribution is -0.138. The maximum absolute atomic E-state index is 12.4. The molecule has 1 amide bonds. The van der Waals surface area contributed by atoms with Crippen LogP contribution in [-0.2, 0) is 9.59 Å². The van der Waals surface area contributed by atoms with Crippen LogP contribution in [0.4, 0.5) is 0 Å². The minimum atomic E-state index is -0.667. The molecule has 0 aliphatic heterocycles. The Hall–Kier alpha value is -1.75. The number of benzene rings is 1. The second-order valence-electron chi connectivity index (χ2n) is 5.68. The van der Waals surface area contributed by atoms with Crippen molar-refractivity contribution in [3.63, 3.8) is 0 Å². The van der Waals surface area contributed by atoms with Crippen molar-refractivity contribution in [1.29, 1.82) is 0 Å². The molecule has 1 rings (SSSR count). The Morgan fingerprint density at radius 2 is 2.09 bits per heavy atom. The molecule has 1 aromatic rings. The zero-order chi connectivity index (χ0) is 17.4. The Bertz CT molecular complexity index is 569. The highest BCUT2D eigenvalue weighted by Crippen LogP contribution is 2.24. The highest BCUT2D eigenvalue weighted by Gasteiger charge is 2.22. The van der Waals surface area contributed by atoms with Gasteiger partial charge in [-0.3, -0.25) is 4.79 Å². The third-order valence-electron chi connectivity index (χ3n) is 3.27. The SMILES string of the molecule is C=CCSC[C@H](NC(C)=O)C(=O)Oc1cc(C(C)C)ccc1C. The number of hydrogen-bond donors (Lipinski definition) is 1. The first-order chi connectivity index (χ1) is 10.8. The van der Waals surface area contributed by atoms with E-state index in [2.05, 4.69) is 25.7 Å². The number of rotatable bonds is 8. The number of ether oxygens (including phenoxy) is 1. The molecule has 23 heavy (non-hydrogen) atoms. The molecule has 1 atom stereocenters. The summed E-state index contributed by atoms with van der Waals surface area (Å²) in [6.45, 7) is 11.1. The molecule has 4 nitrogen and oxygen atoms in total. The van der Waals surface area contributed by atoms with E-state index in [-0.39, 0.29) is 5.91 Å². The monoisotopic (exact) mass is 335 g/mol. The summed E-state index contributed by atoms with van der Waals surface area (Å²) in [7, 11) is 0. The predicted molar refractivity (Wildman–Crippen MR) is 96.0 cm³/mol. The van der Waals surface area contributed by atoms with E-state index < -0.39 is 12.0 Å². The van der Waals surface area contributed by atoms with Crippen molar-refractivity contribution < 1.29 is 14.3 Å². The molecule has 0 heterocycles. The lowest BCUT2D eigenvalue weighted by atomic mass is 10.0. The van der Waals surface area contributed by atoms with Gasteiger partial charge in [0.1, 0.15) is 11.8 Å². The molecule has 126 valence electrons. The number of amides is 1. The number of nitrogens with one attached hydrogen (secondary N) is 1. The van der Waals surface area contributed by atoms with Crippen LogP contribution >= 0.6 is 11.8 Å². The zero-order valence-electron chi connectivity index (χ0n) is 14.2. The third kappa shape index (κ3) is 6.48. The molecule has 0 spiro atoms. The number of hydrogen-bond acceptors (Lipinski definition) is 4. The van der Waals surface area contributed by atoms with Gasteiger partial charge in [0, 0.05) is 18.4 Å². The molecule has 0 aliphatic carbocycles. The summed E-state index contributed by atoms with van der Waals surface area (Å²) in [6.07, 6.45) is 1.76. The number of esters is 1. The van der Waals surface area contributed by atoms with E-state index in [1.807, 2.05) is 25.1 Å². The van der Waals surface area contributed by atoms with E-state index in [0.717, 1.165) is 11.1 Å². The van der Waals surface area contributed by atoms with Gasteiger partial charge < -0.3 is 10.1 Å². The van der Waals surface area contributed by atoms with Gasteiger partial charge in [0.15, 0.2) is 0 Å². The van der Waals surface area contributed by atoms with Gasteiger partial charge in [-0.1, -0.05) is 32.1 Å². The summed E-state index contributed by atoms with van der Waals surface area (Å²) in [5.41, 5.74) is 2.00. The summed E-state index contributed by atoms with van der Waals surface area (Å²) in [5, 5.41) is 2.65. The smallest absolute Gasteiger partial charge is 0.334 e. The molecule has 0 radical (unpaired) electrons. The van der Waals surface area contributed by atoms with Crippen LogP contribution in [0.1, 0.15) is 37.8 Å². The summed E-state index contributed by atoms with van der Waals surface area (Å²) < 4.78 is 5.54. The molecular formula is C18H25NO3S. The molecular weight excluding hydrogens is 310 g/mol. The van der Waals surface area contributed by atoms with Gasteiger partial charge in [0.25, 0.3) is 0 Å². The molecule has 0 bridgehead atoms. The summed E-state index contributed by atoms with van der Waals surface area (Å²) in [5.74, 6) is 1.37. The molecule has 0 aromatic heterocycles. The van der Waals surface area contributed by atoms with Crippen LogP contribution in [-0.4, -0.2) is 29.4 Å². The quantitative estimate of drug-likeness (QED) is 0.342. The molecule has 0 fully saturated rings. The minimum absolute atomic E-state index is 0.251. The number of carbonyl (C=O) groups excluding carboxylic acids is 2. The molecule has 0 unspecified atom stereocenters. The molecule has 5 heteroatoms. The van der Waals surface area contributed by atoms with Gasteiger partial charge in [0.05, 0.1) is 0 Å². The van der Waals surface area contributed by atoms with Gasteiger partial charge in [-0.05, 0) is 30.0 Å². The second kappa shape index (κ2) is 9.40. The zero-order valence-corrected chi connectivity index (χ0v) is 15.0. The van der Waals surface area contributed by atoms with Gasteiger partial charge in [0.2, 0.25) is 5.91 Å². The Labute approximate surface area is 142 Å². The molecule has 1 aromatic carbocycles. The molecule has 0 saturated heterocycles. The molecule has 0 aliphatic rings. The average molecular weight is 335 g/mol. The summed E-state index contributed by atoms with van der Waals surface area (Å²) in [6, 6.07) is 5.19. The first kappa shape index (κ1) is 19.3. The van der Waals surface area contributed by atoms with Crippen molar-refractivity contribution in [2.24, 2.45) is 0 Å². The van der Waals surface area contributed by atoms with Gasteiger partial charge in [-0.15, -0.1) is 6.58 Å². The van der Waals surface area contributed by atoms with Crippen molar-refractivity contribution >= 4 is 23.6 Å². The van der Waals surface area contributed by atoms with Gasteiger partial charge in [-0.25, -0.2) is 4.79 Å². The lowest BCUT2D eigenvalue weighted by Gasteiger charge is -2.18. The van der Waals surface area contributed by atoms with E-state index in [1.165, 1.54) is 18.7 Å². The first-order valence-electron chi connectivity index (χ1n) is 7.63. The third-order valence-corrected chi connectivity index (χ3v) is 4.31. The van der Waals surface area contributed by atoms with E-state index >= 15 is 0 Å². The number of thioether (sulfide) groups is 1. The van der Waals surface area contributed by atoms with Crippen molar-refractivity contribution in [3.8, 4) is 5.75 Å². The number of aryl methyl sites for hydroxylation is 1. The van der Waals surface area contributed by atoms with E-state index in [9.17, 15) is 9.59 Å². The Kier molecular flexibility index (Phi) is 7.89. The second-order valence-corrected chi connectivity index (χ2v) is 6.75. The summed E-state index contributed by atoms with van der Waals surface area (Å²) >= 11 is 1.52. The van der Waals surface area contributed by atoms with Crippen LogP contribution in [0, 0.1) is 6.92 Å².